The summed E-state index contributed by atoms with van der Waals surface area (Å²) in [5.74, 6) is -2.56. The van der Waals surface area contributed by atoms with E-state index in [1.165, 1.54) is 11.2 Å². The fraction of sp³-hybridized carbons (Fsp3) is 0.588. The third-order valence-electron chi connectivity index (χ3n) is 5.58. The molecule has 2 aromatic heterocycles. The van der Waals surface area contributed by atoms with E-state index in [-0.39, 0.29) is 32.0 Å². The summed E-state index contributed by atoms with van der Waals surface area (Å²) in [5.41, 5.74) is -0.803. The largest absolute Gasteiger partial charge is 0.353 e. The smallest absolute Gasteiger partial charge is 0.274 e. The van der Waals surface area contributed by atoms with Gasteiger partial charge in [0.1, 0.15) is 23.3 Å². The molecule has 2 N–H and O–H groups in total. The van der Waals surface area contributed by atoms with Gasteiger partial charge >= 0.3 is 0 Å². The highest BCUT2D eigenvalue weighted by Gasteiger charge is 2.63. The average molecular weight is 364 g/mol. The molecule has 26 heavy (non-hydrogen) atoms. The lowest BCUT2D eigenvalue weighted by Gasteiger charge is -2.50. The van der Waals surface area contributed by atoms with E-state index in [0.29, 0.717) is 30.9 Å². The van der Waals surface area contributed by atoms with Gasteiger partial charge in [0, 0.05) is 32.3 Å². The predicted octanol–water partition coefficient (Wildman–Crippen LogP) is 1.38. The first-order chi connectivity index (χ1) is 12.5. The zero-order chi connectivity index (χ0) is 18.4. The van der Waals surface area contributed by atoms with E-state index in [4.69, 9.17) is 0 Å². The number of alkyl halides is 2. The highest BCUT2D eigenvalue weighted by molar-refractivity contribution is 5.87. The second kappa shape index (κ2) is 6.15. The first-order valence-electron chi connectivity index (χ1n) is 8.84. The minimum absolute atomic E-state index is 0.0629. The van der Waals surface area contributed by atoms with Crippen molar-refractivity contribution in [3.05, 3.63) is 18.6 Å². The number of aromatic nitrogens is 3. The van der Waals surface area contributed by atoms with Crippen LogP contribution in [0, 0.1) is 0 Å². The molecule has 2 fully saturated rings. The molecule has 0 bridgehead atoms. The third-order valence-corrected chi connectivity index (χ3v) is 5.58. The minimum atomic E-state index is -2.92. The molecular formula is C17H22F2N6O. The molecule has 2 saturated heterocycles. The van der Waals surface area contributed by atoms with E-state index in [1.54, 1.807) is 13.2 Å². The highest BCUT2D eigenvalue weighted by Crippen LogP contribution is 2.48. The van der Waals surface area contributed by atoms with E-state index in [9.17, 15) is 4.79 Å². The van der Waals surface area contributed by atoms with Crippen molar-refractivity contribution in [2.45, 2.75) is 30.7 Å². The molecule has 1 amide bonds. The maximum atomic E-state index is 15.1. The number of likely N-dealkylation sites (N-methyl/N-ethyl adjacent to an activating group) is 1. The molecule has 2 aromatic rings. The molecule has 0 radical (unpaired) electrons. The Balaban J connectivity index is 1.72. The molecule has 2 aliphatic heterocycles. The second-order valence-electron chi connectivity index (χ2n) is 7.02. The van der Waals surface area contributed by atoms with Gasteiger partial charge in [0.25, 0.3) is 5.92 Å². The molecule has 1 unspecified atom stereocenters. The fourth-order valence-electron chi connectivity index (χ4n) is 4.34. The van der Waals surface area contributed by atoms with Crippen LogP contribution in [0.2, 0.25) is 0 Å². The molecule has 1 spiro atoms. The number of hydrogen-bond donors (Lipinski definition) is 2. The van der Waals surface area contributed by atoms with E-state index < -0.39 is 11.5 Å². The molecule has 1 atom stereocenters. The number of carbonyl (C=O) groups excluding carboxylic acids is 1. The van der Waals surface area contributed by atoms with Gasteiger partial charge in [-0.3, -0.25) is 4.79 Å². The van der Waals surface area contributed by atoms with Gasteiger partial charge in [0.05, 0.1) is 11.9 Å². The van der Waals surface area contributed by atoms with Crippen LogP contribution in [0.5, 0.6) is 0 Å². The van der Waals surface area contributed by atoms with Crippen molar-refractivity contribution in [2.75, 3.05) is 38.1 Å². The number of hydrogen-bond acceptors (Lipinski definition) is 5. The van der Waals surface area contributed by atoms with E-state index >= 15 is 8.78 Å². The Labute approximate surface area is 149 Å². The van der Waals surface area contributed by atoms with E-state index in [0.717, 1.165) is 5.39 Å². The number of likely N-dealkylation sites (tertiary alicyclic amines) is 1. The highest BCUT2D eigenvalue weighted by atomic mass is 19.3. The zero-order valence-corrected chi connectivity index (χ0v) is 14.6. The summed E-state index contributed by atoms with van der Waals surface area (Å²) in [4.78, 5) is 27.3. The second-order valence-corrected chi connectivity index (χ2v) is 7.02. The number of halogens is 2. The Bertz CT molecular complexity index is 824. The van der Waals surface area contributed by atoms with Gasteiger partial charge in [0.15, 0.2) is 0 Å². The number of H-pyrrole nitrogens is 1. The van der Waals surface area contributed by atoms with Crippen molar-refractivity contribution in [3.8, 4) is 0 Å². The number of rotatable bonds is 3. The van der Waals surface area contributed by atoms with Gasteiger partial charge in [0.2, 0.25) is 5.91 Å². The number of fused-ring (bicyclic) bond motifs is 1. The summed E-state index contributed by atoms with van der Waals surface area (Å²) in [6.45, 7) is 0.702. The van der Waals surface area contributed by atoms with Gasteiger partial charge in [-0.1, -0.05) is 0 Å². The van der Waals surface area contributed by atoms with Gasteiger partial charge in [-0.15, -0.1) is 0 Å². The SMILES string of the molecule is CNCC(=O)N1CCCC12CN(c1ncnc3[nH]ccc13)CCC2(F)F. The minimum Gasteiger partial charge on any atom is -0.353 e. The van der Waals surface area contributed by atoms with Gasteiger partial charge in [-0.05, 0) is 26.0 Å². The summed E-state index contributed by atoms with van der Waals surface area (Å²) in [6, 6.07) is 1.85. The van der Waals surface area contributed by atoms with Crippen LogP contribution in [0.15, 0.2) is 18.6 Å². The van der Waals surface area contributed by atoms with Crippen LogP contribution >= 0.6 is 0 Å². The summed E-state index contributed by atoms with van der Waals surface area (Å²) in [6.07, 6.45) is 3.78. The number of amides is 1. The Morgan fingerprint density at radius 3 is 3.00 bits per heavy atom. The Kier molecular flexibility index (Phi) is 4.06. The molecule has 4 rings (SSSR count). The first kappa shape index (κ1) is 17.1. The van der Waals surface area contributed by atoms with Crippen LogP contribution < -0.4 is 10.2 Å². The monoisotopic (exact) mass is 364 g/mol. The van der Waals surface area contributed by atoms with Crippen molar-refractivity contribution in [1.29, 1.82) is 0 Å². The Morgan fingerprint density at radius 2 is 2.19 bits per heavy atom. The van der Waals surface area contributed by atoms with E-state index in [1.807, 2.05) is 11.0 Å². The van der Waals surface area contributed by atoms with Crippen LogP contribution in [0.3, 0.4) is 0 Å². The number of anilines is 1. The molecule has 0 saturated carbocycles. The van der Waals surface area contributed by atoms with Gasteiger partial charge < -0.3 is 20.1 Å². The molecule has 2 aliphatic rings. The Morgan fingerprint density at radius 1 is 1.35 bits per heavy atom. The Hall–Kier alpha value is -2.29. The maximum Gasteiger partial charge on any atom is 0.274 e. The molecular weight excluding hydrogens is 342 g/mol. The quantitative estimate of drug-likeness (QED) is 0.861. The van der Waals surface area contributed by atoms with Crippen molar-refractivity contribution in [1.82, 2.24) is 25.2 Å². The molecule has 4 heterocycles. The number of carbonyl (C=O) groups is 1. The molecule has 0 aliphatic carbocycles. The third kappa shape index (κ3) is 2.45. The van der Waals surface area contributed by atoms with Crippen LogP contribution in [0.25, 0.3) is 11.0 Å². The predicted molar refractivity (Wildman–Crippen MR) is 93.3 cm³/mol. The van der Waals surface area contributed by atoms with Crippen LogP contribution in [-0.2, 0) is 4.79 Å². The average Bonchev–Trinajstić information content (AvgIpc) is 3.25. The van der Waals surface area contributed by atoms with Crippen molar-refractivity contribution < 1.29 is 13.6 Å². The van der Waals surface area contributed by atoms with Crippen molar-refractivity contribution in [2.24, 2.45) is 0 Å². The van der Waals surface area contributed by atoms with Gasteiger partial charge in [-0.25, -0.2) is 18.7 Å². The maximum absolute atomic E-state index is 15.1. The first-order valence-corrected chi connectivity index (χ1v) is 8.84. The normalized spacial score (nSPS) is 25.3. The van der Waals surface area contributed by atoms with Crippen LogP contribution in [0.1, 0.15) is 19.3 Å². The van der Waals surface area contributed by atoms with Crippen molar-refractivity contribution in [3.63, 3.8) is 0 Å². The summed E-state index contributed by atoms with van der Waals surface area (Å²) in [5, 5.41) is 3.59. The summed E-state index contributed by atoms with van der Waals surface area (Å²) < 4.78 is 30.2. The lowest BCUT2D eigenvalue weighted by Crippen LogP contribution is -2.68. The standard InChI is InChI=1S/C17H22F2N6O/c1-20-9-13(26)25-7-2-4-16(25)10-24(8-5-17(16,18)19)15-12-3-6-21-14(12)22-11-23-15/h3,6,11,20H,2,4-5,7-10H2,1H3,(H,21,22,23). The number of aromatic amines is 1. The molecule has 9 heteroatoms. The number of piperidine rings is 1. The number of nitrogens with one attached hydrogen (secondary N) is 2. The van der Waals surface area contributed by atoms with E-state index in [2.05, 4.69) is 20.3 Å². The number of nitrogens with zero attached hydrogens (tertiary/aromatic N) is 4. The van der Waals surface area contributed by atoms with Gasteiger partial charge in [-0.2, -0.15) is 0 Å². The zero-order valence-electron chi connectivity index (χ0n) is 14.6. The lowest BCUT2D eigenvalue weighted by molar-refractivity contribution is -0.164. The lowest BCUT2D eigenvalue weighted by atomic mass is 9.82. The molecule has 140 valence electrons. The fourth-order valence-corrected chi connectivity index (χ4v) is 4.34. The van der Waals surface area contributed by atoms with Crippen LogP contribution in [0.4, 0.5) is 14.6 Å². The van der Waals surface area contributed by atoms with Crippen LogP contribution in [-0.4, -0.2) is 70.4 Å². The summed E-state index contributed by atoms with van der Waals surface area (Å²) in [7, 11) is 1.65. The summed E-state index contributed by atoms with van der Waals surface area (Å²) >= 11 is 0. The molecule has 0 aromatic carbocycles. The molecule has 7 nitrogen and oxygen atoms in total. The topological polar surface area (TPSA) is 77.2 Å². The van der Waals surface area contributed by atoms with Crippen molar-refractivity contribution >= 4 is 22.8 Å².